The van der Waals surface area contributed by atoms with Crippen LogP contribution in [0.4, 0.5) is 5.82 Å². The summed E-state index contributed by atoms with van der Waals surface area (Å²) in [5.41, 5.74) is 2.81. The molecule has 134 valence electrons. The van der Waals surface area contributed by atoms with E-state index in [0.717, 1.165) is 43.2 Å². The second kappa shape index (κ2) is 6.69. The summed E-state index contributed by atoms with van der Waals surface area (Å²) in [5.74, 6) is 2.30. The molecule has 8 heteroatoms. The van der Waals surface area contributed by atoms with Crippen LogP contribution in [0.3, 0.4) is 0 Å². The minimum absolute atomic E-state index is 0.274. The Morgan fingerprint density at radius 3 is 2.93 bits per heavy atom. The fourth-order valence-corrected chi connectivity index (χ4v) is 3.55. The number of nitrogens with zero attached hydrogens (tertiary/aromatic N) is 4. The molecule has 0 atom stereocenters. The fraction of sp³-hybridized carbons (Fsp3) is 0.105. The van der Waals surface area contributed by atoms with Crippen LogP contribution >= 0.6 is 22.6 Å². The molecule has 2 aromatic carbocycles. The number of aromatic nitrogens is 4. The van der Waals surface area contributed by atoms with Crippen molar-refractivity contribution in [2.45, 2.75) is 6.54 Å². The molecule has 5 rings (SSSR count). The molecule has 0 amide bonds. The molecule has 7 nitrogen and oxygen atoms in total. The molecule has 1 aliphatic rings. The molecule has 2 aromatic heterocycles. The first-order chi connectivity index (χ1) is 13.3. The summed E-state index contributed by atoms with van der Waals surface area (Å²) in [6.07, 6.45) is 3.34. The maximum absolute atomic E-state index is 5.43. The predicted octanol–water partition coefficient (Wildman–Crippen LogP) is 3.76. The average Bonchev–Trinajstić information content (AvgIpc) is 3.33. The minimum atomic E-state index is 0.274. The quantitative estimate of drug-likeness (QED) is 0.457. The molecular weight excluding hydrogens is 457 g/mol. The maximum atomic E-state index is 5.43. The Labute approximate surface area is 168 Å². The van der Waals surface area contributed by atoms with Crippen LogP contribution in [0, 0.1) is 3.57 Å². The van der Waals surface area contributed by atoms with Crippen molar-refractivity contribution in [3.63, 3.8) is 0 Å². The molecule has 27 heavy (non-hydrogen) atoms. The van der Waals surface area contributed by atoms with Gasteiger partial charge in [-0.3, -0.25) is 0 Å². The summed E-state index contributed by atoms with van der Waals surface area (Å²) in [5, 5.41) is 8.75. The molecule has 0 spiro atoms. The zero-order valence-corrected chi connectivity index (χ0v) is 16.3. The van der Waals surface area contributed by atoms with Gasteiger partial charge >= 0.3 is 0 Å². The molecule has 0 saturated carbocycles. The third-order valence-electron chi connectivity index (χ3n) is 4.32. The van der Waals surface area contributed by atoms with Gasteiger partial charge in [0, 0.05) is 10.1 Å². The summed E-state index contributed by atoms with van der Waals surface area (Å²) >= 11 is 2.29. The Kier molecular flexibility index (Phi) is 4.04. The van der Waals surface area contributed by atoms with Crippen LogP contribution in [0.2, 0.25) is 0 Å². The van der Waals surface area contributed by atoms with Gasteiger partial charge in [0.05, 0.1) is 17.3 Å². The number of hydrogen-bond donors (Lipinski definition) is 1. The number of halogens is 1. The van der Waals surface area contributed by atoms with E-state index in [0.29, 0.717) is 6.54 Å². The molecule has 0 bridgehead atoms. The van der Waals surface area contributed by atoms with Crippen molar-refractivity contribution < 1.29 is 9.47 Å². The van der Waals surface area contributed by atoms with E-state index in [2.05, 4.69) is 49.0 Å². The Morgan fingerprint density at radius 1 is 1.07 bits per heavy atom. The van der Waals surface area contributed by atoms with Crippen molar-refractivity contribution in [1.29, 1.82) is 0 Å². The summed E-state index contributed by atoms with van der Waals surface area (Å²) in [6.45, 7) is 0.882. The van der Waals surface area contributed by atoms with E-state index in [9.17, 15) is 0 Å². The topological polar surface area (TPSA) is 74.1 Å². The van der Waals surface area contributed by atoms with E-state index in [1.807, 2.05) is 41.1 Å². The van der Waals surface area contributed by atoms with E-state index < -0.39 is 0 Å². The van der Waals surface area contributed by atoms with Crippen LogP contribution in [-0.2, 0) is 6.54 Å². The molecule has 0 saturated heterocycles. The van der Waals surface area contributed by atoms with Crippen LogP contribution in [-0.4, -0.2) is 26.5 Å². The normalized spacial score (nSPS) is 12.5. The summed E-state index contributed by atoms with van der Waals surface area (Å²) in [4.78, 5) is 8.81. The third-order valence-corrected chi connectivity index (χ3v) is 4.99. The van der Waals surface area contributed by atoms with Gasteiger partial charge in [-0.1, -0.05) is 12.1 Å². The van der Waals surface area contributed by atoms with Crippen molar-refractivity contribution in [3.8, 4) is 17.2 Å². The van der Waals surface area contributed by atoms with Crippen molar-refractivity contribution in [2.75, 3.05) is 12.1 Å². The minimum Gasteiger partial charge on any atom is -0.454 e. The standard InChI is InChI=1S/C19H14IN5O2/c20-13-2-1-3-14(7-13)25-19-15(9-24-25)18(22-10-23-19)21-8-12-4-5-16-17(6-12)27-11-26-16/h1-7,9-10H,8,11H2,(H,21,22,23). The highest BCUT2D eigenvalue weighted by molar-refractivity contribution is 14.1. The number of benzene rings is 2. The van der Waals surface area contributed by atoms with Crippen LogP contribution in [0.15, 0.2) is 55.0 Å². The monoisotopic (exact) mass is 471 g/mol. The van der Waals surface area contributed by atoms with Gasteiger partial charge in [0.15, 0.2) is 17.1 Å². The summed E-state index contributed by atoms with van der Waals surface area (Å²) in [7, 11) is 0. The van der Waals surface area contributed by atoms with Gasteiger partial charge < -0.3 is 14.8 Å². The first-order valence-electron chi connectivity index (χ1n) is 8.35. The van der Waals surface area contributed by atoms with Crippen LogP contribution in [0.25, 0.3) is 16.7 Å². The van der Waals surface area contributed by atoms with Gasteiger partial charge in [-0.2, -0.15) is 5.10 Å². The van der Waals surface area contributed by atoms with E-state index in [1.54, 1.807) is 12.5 Å². The van der Waals surface area contributed by atoms with Gasteiger partial charge in [0.2, 0.25) is 6.79 Å². The highest BCUT2D eigenvalue weighted by Crippen LogP contribution is 2.32. The van der Waals surface area contributed by atoms with Gasteiger partial charge in [-0.05, 0) is 58.5 Å². The Hall–Kier alpha value is -2.88. The smallest absolute Gasteiger partial charge is 0.231 e. The molecule has 1 aliphatic heterocycles. The highest BCUT2D eigenvalue weighted by atomic mass is 127. The second-order valence-corrected chi connectivity index (χ2v) is 7.28. The SMILES string of the molecule is Ic1cccc(-n2ncc3c(NCc4ccc5c(c4)OCO5)ncnc32)c1. The molecular formula is C19H14IN5O2. The molecule has 1 N–H and O–H groups in total. The lowest BCUT2D eigenvalue weighted by Crippen LogP contribution is -2.03. The first-order valence-corrected chi connectivity index (χ1v) is 9.43. The Morgan fingerprint density at radius 2 is 2.00 bits per heavy atom. The third kappa shape index (κ3) is 3.05. The van der Waals surface area contributed by atoms with Gasteiger partial charge in [0.25, 0.3) is 0 Å². The number of fused-ring (bicyclic) bond motifs is 2. The van der Waals surface area contributed by atoms with Crippen molar-refractivity contribution in [1.82, 2.24) is 19.7 Å². The Bertz CT molecular complexity index is 1140. The number of nitrogens with one attached hydrogen (secondary N) is 1. The van der Waals surface area contributed by atoms with Crippen molar-refractivity contribution >= 4 is 39.4 Å². The van der Waals surface area contributed by atoms with E-state index in [4.69, 9.17) is 9.47 Å². The molecule has 3 heterocycles. The second-order valence-electron chi connectivity index (χ2n) is 6.04. The lowest BCUT2D eigenvalue weighted by atomic mass is 10.2. The van der Waals surface area contributed by atoms with Crippen LogP contribution < -0.4 is 14.8 Å². The van der Waals surface area contributed by atoms with E-state index >= 15 is 0 Å². The number of hydrogen-bond acceptors (Lipinski definition) is 6. The first kappa shape index (κ1) is 16.3. The van der Waals surface area contributed by atoms with E-state index in [1.165, 1.54) is 0 Å². The van der Waals surface area contributed by atoms with Crippen LogP contribution in [0.1, 0.15) is 5.56 Å². The zero-order chi connectivity index (χ0) is 18.2. The summed E-state index contributed by atoms with van der Waals surface area (Å²) < 4.78 is 13.8. The lowest BCUT2D eigenvalue weighted by molar-refractivity contribution is 0.174. The largest absolute Gasteiger partial charge is 0.454 e. The zero-order valence-electron chi connectivity index (χ0n) is 14.1. The van der Waals surface area contributed by atoms with Crippen molar-refractivity contribution in [2.24, 2.45) is 0 Å². The number of anilines is 1. The Balaban J connectivity index is 1.44. The average molecular weight is 471 g/mol. The molecule has 4 aromatic rings. The maximum Gasteiger partial charge on any atom is 0.231 e. The van der Waals surface area contributed by atoms with Gasteiger partial charge in [-0.15, -0.1) is 0 Å². The molecule has 0 aliphatic carbocycles. The number of ether oxygens (including phenoxy) is 2. The van der Waals surface area contributed by atoms with Gasteiger partial charge in [0.1, 0.15) is 12.1 Å². The van der Waals surface area contributed by atoms with Crippen LogP contribution in [0.5, 0.6) is 11.5 Å². The predicted molar refractivity (Wildman–Crippen MR) is 109 cm³/mol. The number of rotatable bonds is 4. The molecule has 0 radical (unpaired) electrons. The molecule has 0 fully saturated rings. The highest BCUT2D eigenvalue weighted by Gasteiger charge is 2.14. The molecule has 0 unspecified atom stereocenters. The van der Waals surface area contributed by atoms with E-state index in [-0.39, 0.29) is 6.79 Å². The van der Waals surface area contributed by atoms with Crippen molar-refractivity contribution in [3.05, 3.63) is 64.1 Å². The van der Waals surface area contributed by atoms with Gasteiger partial charge in [-0.25, -0.2) is 14.6 Å². The summed E-state index contributed by atoms with van der Waals surface area (Å²) in [6, 6.07) is 14.0. The lowest BCUT2D eigenvalue weighted by Gasteiger charge is -2.08. The fourth-order valence-electron chi connectivity index (χ4n) is 3.02.